The fourth-order valence-electron chi connectivity index (χ4n) is 5.30. The van der Waals surface area contributed by atoms with Crippen LogP contribution in [0.4, 0.5) is 5.69 Å². The standard InChI is InChI=1S/C32H32N4O4/c1-4-29(37)34-28-7-5-6-24(20(28)2)25-12-13-27(31(33)38)30-26(25)14-15-36(30)21(3)22-8-10-23(11-9-22)32(39)35-16-18-40-19-17-35/h4-15,21H,1,16-19H2,2-3H3,(H2,33,38)(H,34,37). The number of amides is 3. The topological polar surface area (TPSA) is 107 Å². The van der Waals surface area contributed by atoms with Gasteiger partial charge in [-0.15, -0.1) is 0 Å². The molecule has 0 spiro atoms. The second kappa shape index (κ2) is 11.2. The summed E-state index contributed by atoms with van der Waals surface area (Å²) in [5, 5.41) is 3.73. The largest absolute Gasteiger partial charge is 0.378 e. The van der Waals surface area contributed by atoms with Gasteiger partial charge in [-0.05, 0) is 72.5 Å². The fourth-order valence-corrected chi connectivity index (χ4v) is 5.30. The van der Waals surface area contributed by atoms with Crippen LogP contribution >= 0.6 is 0 Å². The molecule has 0 aliphatic carbocycles. The Bertz CT molecular complexity index is 1610. The molecule has 1 unspecified atom stereocenters. The second-order valence-electron chi connectivity index (χ2n) is 9.88. The van der Waals surface area contributed by atoms with Crippen LogP contribution in [0.3, 0.4) is 0 Å². The van der Waals surface area contributed by atoms with Crippen LogP contribution in [-0.4, -0.2) is 53.5 Å². The van der Waals surface area contributed by atoms with Crippen molar-refractivity contribution in [3.05, 3.63) is 102 Å². The highest BCUT2D eigenvalue weighted by atomic mass is 16.5. The minimum absolute atomic E-state index is 0.00328. The molecule has 3 amide bonds. The Balaban J connectivity index is 1.53. The lowest BCUT2D eigenvalue weighted by Gasteiger charge is -2.27. The number of rotatable bonds is 7. The predicted molar refractivity (Wildman–Crippen MR) is 156 cm³/mol. The number of carbonyl (C=O) groups excluding carboxylic acids is 3. The molecule has 1 aromatic heterocycles. The summed E-state index contributed by atoms with van der Waals surface area (Å²) in [6.45, 7) is 9.82. The van der Waals surface area contributed by atoms with E-state index in [1.165, 1.54) is 6.08 Å². The molecule has 1 aliphatic heterocycles. The zero-order valence-electron chi connectivity index (χ0n) is 22.6. The minimum atomic E-state index is -0.515. The van der Waals surface area contributed by atoms with Gasteiger partial charge in [0.15, 0.2) is 0 Å². The number of benzene rings is 3. The Morgan fingerprint density at radius 3 is 2.40 bits per heavy atom. The summed E-state index contributed by atoms with van der Waals surface area (Å²) < 4.78 is 7.40. The number of fused-ring (bicyclic) bond motifs is 1. The Morgan fingerprint density at radius 2 is 1.73 bits per heavy atom. The molecule has 1 fully saturated rings. The molecule has 1 saturated heterocycles. The molecule has 3 N–H and O–H groups in total. The number of primary amides is 1. The average Bonchev–Trinajstić information content (AvgIpc) is 3.43. The summed E-state index contributed by atoms with van der Waals surface area (Å²) >= 11 is 0. The van der Waals surface area contributed by atoms with Crippen molar-refractivity contribution in [2.24, 2.45) is 5.73 Å². The third kappa shape index (κ3) is 5.01. The molecule has 40 heavy (non-hydrogen) atoms. The molecule has 5 rings (SSSR count). The van der Waals surface area contributed by atoms with Crippen molar-refractivity contribution in [3.63, 3.8) is 0 Å². The summed E-state index contributed by atoms with van der Waals surface area (Å²) in [5.41, 5.74) is 12.0. The van der Waals surface area contributed by atoms with E-state index in [2.05, 4.69) is 11.9 Å². The molecule has 1 aliphatic rings. The third-order valence-electron chi connectivity index (χ3n) is 7.57. The maximum absolute atomic E-state index is 12.9. The number of aromatic nitrogens is 1. The molecule has 8 nitrogen and oxygen atoms in total. The summed E-state index contributed by atoms with van der Waals surface area (Å²) in [6.07, 6.45) is 3.19. The van der Waals surface area contributed by atoms with Crippen LogP contribution in [-0.2, 0) is 9.53 Å². The predicted octanol–water partition coefficient (Wildman–Crippen LogP) is 4.92. The quantitative estimate of drug-likeness (QED) is 0.327. The van der Waals surface area contributed by atoms with Crippen molar-refractivity contribution < 1.29 is 19.1 Å². The number of nitrogens with two attached hydrogens (primary N) is 1. The molecule has 204 valence electrons. The Kier molecular flexibility index (Phi) is 7.53. The number of hydrogen-bond acceptors (Lipinski definition) is 4. The highest BCUT2D eigenvalue weighted by molar-refractivity contribution is 6.10. The van der Waals surface area contributed by atoms with E-state index in [0.717, 1.165) is 33.2 Å². The molecule has 0 bridgehead atoms. The lowest BCUT2D eigenvalue weighted by atomic mass is 9.94. The van der Waals surface area contributed by atoms with Gasteiger partial charge in [0.05, 0.1) is 30.3 Å². The minimum Gasteiger partial charge on any atom is -0.378 e. The molecule has 4 aromatic rings. The Hall–Kier alpha value is -4.69. The lowest BCUT2D eigenvalue weighted by molar-refractivity contribution is -0.111. The molecular weight excluding hydrogens is 504 g/mol. The van der Waals surface area contributed by atoms with Crippen LogP contribution < -0.4 is 11.1 Å². The van der Waals surface area contributed by atoms with Crippen LogP contribution in [0.2, 0.25) is 0 Å². The first-order chi connectivity index (χ1) is 19.3. The van der Waals surface area contributed by atoms with Gasteiger partial charge in [-0.25, -0.2) is 0 Å². The van der Waals surface area contributed by atoms with Crippen LogP contribution in [0.1, 0.15) is 44.8 Å². The van der Waals surface area contributed by atoms with E-state index < -0.39 is 5.91 Å². The fraction of sp³-hybridized carbons (Fsp3) is 0.219. The highest BCUT2D eigenvalue weighted by Gasteiger charge is 2.22. The smallest absolute Gasteiger partial charge is 0.254 e. The second-order valence-corrected chi connectivity index (χ2v) is 9.88. The van der Waals surface area contributed by atoms with Crippen molar-refractivity contribution in [1.82, 2.24) is 9.47 Å². The normalized spacial score (nSPS) is 14.1. The summed E-state index contributed by atoms with van der Waals surface area (Å²) in [4.78, 5) is 39.2. The molecule has 0 saturated carbocycles. The first-order valence-corrected chi connectivity index (χ1v) is 13.2. The van der Waals surface area contributed by atoms with Crippen LogP contribution in [0.5, 0.6) is 0 Å². The molecule has 1 atom stereocenters. The number of hydrogen-bond donors (Lipinski definition) is 2. The van der Waals surface area contributed by atoms with Gasteiger partial charge in [-0.3, -0.25) is 14.4 Å². The number of ether oxygens (including phenoxy) is 1. The summed E-state index contributed by atoms with van der Waals surface area (Å²) in [6, 6.07) is 18.8. The van der Waals surface area contributed by atoms with Gasteiger partial charge in [-0.1, -0.05) is 36.9 Å². The van der Waals surface area contributed by atoms with E-state index in [4.69, 9.17) is 10.5 Å². The zero-order valence-corrected chi connectivity index (χ0v) is 22.6. The van der Waals surface area contributed by atoms with Crippen LogP contribution in [0.25, 0.3) is 22.0 Å². The maximum Gasteiger partial charge on any atom is 0.254 e. The Labute approximate surface area is 233 Å². The van der Waals surface area contributed by atoms with Crippen molar-refractivity contribution in [1.29, 1.82) is 0 Å². The number of morpholine rings is 1. The number of nitrogens with one attached hydrogen (secondary N) is 1. The molecular formula is C32H32N4O4. The van der Waals surface area contributed by atoms with Crippen molar-refractivity contribution in [2.45, 2.75) is 19.9 Å². The van der Waals surface area contributed by atoms with Gasteiger partial charge < -0.3 is 25.3 Å². The SMILES string of the molecule is C=CC(=O)Nc1cccc(-c2ccc(C(N)=O)c3c2ccn3C(C)c2ccc(C(=O)N3CCOCC3)cc2)c1C. The average molecular weight is 537 g/mol. The van der Waals surface area contributed by atoms with Gasteiger partial charge in [0.2, 0.25) is 5.91 Å². The molecule has 3 aromatic carbocycles. The van der Waals surface area contributed by atoms with E-state index in [1.54, 1.807) is 6.07 Å². The van der Waals surface area contributed by atoms with Gasteiger partial charge in [0.25, 0.3) is 11.8 Å². The first kappa shape index (κ1) is 26.9. The van der Waals surface area contributed by atoms with E-state index in [9.17, 15) is 14.4 Å². The molecule has 0 radical (unpaired) electrons. The summed E-state index contributed by atoms with van der Waals surface area (Å²) in [5.74, 6) is -0.803. The van der Waals surface area contributed by atoms with Crippen LogP contribution in [0.15, 0.2) is 79.5 Å². The number of nitrogens with zero attached hydrogens (tertiary/aromatic N) is 2. The summed E-state index contributed by atoms with van der Waals surface area (Å²) in [7, 11) is 0. The van der Waals surface area contributed by atoms with Crippen molar-refractivity contribution in [2.75, 3.05) is 31.6 Å². The molecule has 8 heteroatoms. The monoisotopic (exact) mass is 536 g/mol. The van der Waals surface area contributed by atoms with E-state index >= 15 is 0 Å². The third-order valence-corrected chi connectivity index (χ3v) is 7.57. The van der Waals surface area contributed by atoms with Crippen molar-refractivity contribution in [3.8, 4) is 11.1 Å². The maximum atomic E-state index is 12.9. The number of anilines is 1. The van der Waals surface area contributed by atoms with Crippen LogP contribution in [0, 0.1) is 6.92 Å². The Morgan fingerprint density at radius 1 is 1.00 bits per heavy atom. The molecule has 2 heterocycles. The van der Waals surface area contributed by atoms with E-state index in [-0.39, 0.29) is 17.9 Å². The van der Waals surface area contributed by atoms with Gasteiger partial charge in [-0.2, -0.15) is 0 Å². The van der Waals surface area contributed by atoms with E-state index in [0.29, 0.717) is 43.1 Å². The van der Waals surface area contributed by atoms with E-state index in [1.807, 2.05) is 84.1 Å². The number of carbonyl (C=O) groups is 3. The van der Waals surface area contributed by atoms with Gasteiger partial charge in [0, 0.05) is 35.9 Å². The van der Waals surface area contributed by atoms with Gasteiger partial charge >= 0.3 is 0 Å². The van der Waals surface area contributed by atoms with Gasteiger partial charge in [0.1, 0.15) is 0 Å². The first-order valence-electron chi connectivity index (χ1n) is 13.2. The highest BCUT2D eigenvalue weighted by Crippen LogP contribution is 2.37. The lowest BCUT2D eigenvalue weighted by Crippen LogP contribution is -2.40. The van der Waals surface area contributed by atoms with Crippen molar-refractivity contribution >= 4 is 34.3 Å². The zero-order chi connectivity index (χ0) is 28.4.